The molecule has 0 aliphatic carbocycles. The van der Waals surface area contributed by atoms with Gasteiger partial charge >= 0.3 is 0 Å². The van der Waals surface area contributed by atoms with Crippen LogP contribution in [0.5, 0.6) is 5.88 Å². The molecule has 0 saturated heterocycles. The molecule has 1 N–H and O–H groups in total. The largest absolute Gasteiger partial charge is 0.462 e. The number of nitrogens with one attached hydrogen (secondary N) is 1. The standard InChI is InChI=1S/C8H8FN3O/c1-3-4-13-7-6(9)5-11-8(10-2)12-7/h1,5H,4H2,2H3,(H,10,11,12). The molecule has 1 aromatic heterocycles. The Labute approximate surface area is 75.2 Å². The second-order valence-electron chi connectivity index (χ2n) is 2.09. The quantitative estimate of drug-likeness (QED) is 0.696. The number of nitrogens with zero attached hydrogens (tertiary/aromatic N) is 2. The van der Waals surface area contributed by atoms with Crippen LogP contribution in [0.1, 0.15) is 0 Å². The molecule has 0 atom stereocenters. The Morgan fingerprint density at radius 1 is 1.77 bits per heavy atom. The van der Waals surface area contributed by atoms with E-state index in [-0.39, 0.29) is 18.4 Å². The molecule has 0 radical (unpaired) electrons. The molecule has 0 fully saturated rings. The maximum atomic E-state index is 12.9. The zero-order valence-corrected chi connectivity index (χ0v) is 7.04. The third kappa shape index (κ3) is 2.30. The lowest BCUT2D eigenvalue weighted by Crippen LogP contribution is -2.03. The molecular formula is C8H8FN3O. The summed E-state index contributed by atoms with van der Waals surface area (Å²) < 4.78 is 17.7. The number of aromatic nitrogens is 2. The van der Waals surface area contributed by atoms with Crippen molar-refractivity contribution in [3.05, 3.63) is 12.0 Å². The van der Waals surface area contributed by atoms with Crippen molar-refractivity contribution in [2.45, 2.75) is 0 Å². The smallest absolute Gasteiger partial charge is 0.256 e. The van der Waals surface area contributed by atoms with E-state index in [2.05, 4.69) is 21.2 Å². The average Bonchev–Trinajstić information content (AvgIpc) is 2.17. The summed E-state index contributed by atoms with van der Waals surface area (Å²) >= 11 is 0. The molecule has 13 heavy (non-hydrogen) atoms. The summed E-state index contributed by atoms with van der Waals surface area (Å²) in [5.41, 5.74) is 0. The third-order valence-corrected chi connectivity index (χ3v) is 1.23. The van der Waals surface area contributed by atoms with Crippen molar-refractivity contribution in [1.82, 2.24) is 9.97 Å². The summed E-state index contributed by atoms with van der Waals surface area (Å²) in [5.74, 6) is 1.73. The zero-order chi connectivity index (χ0) is 9.68. The lowest BCUT2D eigenvalue weighted by molar-refractivity contribution is 0.332. The lowest BCUT2D eigenvalue weighted by atomic mass is 10.6. The average molecular weight is 181 g/mol. The Morgan fingerprint density at radius 3 is 3.15 bits per heavy atom. The molecule has 0 amide bonds. The van der Waals surface area contributed by atoms with Gasteiger partial charge in [0.2, 0.25) is 11.8 Å². The number of ether oxygens (including phenoxy) is 1. The number of anilines is 1. The molecule has 0 aromatic carbocycles. The number of rotatable bonds is 3. The molecule has 0 unspecified atom stereocenters. The Morgan fingerprint density at radius 2 is 2.54 bits per heavy atom. The van der Waals surface area contributed by atoms with E-state index >= 15 is 0 Å². The highest BCUT2D eigenvalue weighted by Crippen LogP contribution is 2.13. The van der Waals surface area contributed by atoms with Crippen molar-refractivity contribution >= 4 is 5.95 Å². The van der Waals surface area contributed by atoms with Gasteiger partial charge in [-0.15, -0.1) is 6.42 Å². The lowest BCUT2D eigenvalue weighted by Gasteiger charge is -2.03. The highest BCUT2D eigenvalue weighted by molar-refractivity contribution is 5.27. The Bertz CT molecular complexity index is 335. The van der Waals surface area contributed by atoms with E-state index < -0.39 is 5.82 Å². The number of halogens is 1. The van der Waals surface area contributed by atoms with Crippen molar-refractivity contribution < 1.29 is 9.13 Å². The first-order chi connectivity index (χ1) is 6.27. The van der Waals surface area contributed by atoms with E-state index in [0.717, 1.165) is 6.20 Å². The summed E-state index contributed by atoms with van der Waals surface area (Å²) in [5, 5.41) is 2.65. The van der Waals surface area contributed by atoms with Crippen molar-refractivity contribution in [3.8, 4) is 18.2 Å². The molecular weight excluding hydrogens is 173 g/mol. The van der Waals surface area contributed by atoms with Crippen molar-refractivity contribution in [1.29, 1.82) is 0 Å². The molecule has 0 aliphatic heterocycles. The second kappa shape index (κ2) is 4.26. The van der Waals surface area contributed by atoms with E-state index in [1.54, 1.807) is 7.05 Å². The molecule has 1 rings (SSSR count). The van der Waals surface area contributed by atoms with Gasteiger partial charge in [-0.05, 0) is 0 Å². The maximum Gasteiger partial charge on any atom is 0.256 e. The van der Waals surface area contributed by atoms with Crippen LogP contribution >= 0.6 is 0 Å². The van der Waals surface area contributed by atoms with E-state index in [4.69, 9.17) is 11.2 Å². The number of hydrogen-bond acceptors (Lipinski definition) is 4. The first kappa shape index (κ1) is 9.26. The molecule has 68 valence electrons. The fraction of sp³-hybridized carbons (Fsp3) is 0.250. The van der Waals surface area contributed by atoms with Crippen LogP contribution in [-0.4, -0.2) is 23.6 Å². The predicted octanol–water partition coefficient (Wildman–Crippen LogP) is 0.669. The molecule has 0 saturated carbocycles. The van der Waals surface area contributed by atoms with Crippen LogP contribution in [0.2, 0.25) is 0 Å². The van der Waals surface area contributed by atoms with Gasteiger partial charge in [-0.3, -0.25) is 0 Å². The van der Waals surface area contributed by atoms with Gasteiger partial charge in [0.05, 0.1) is 6.20 Å². The Hall–Kier alpha value is -1.83. The van der Waals surface area contributed by atoms with Gasteiger partial charge in [-0.1, -0.05) is 5.92 Å². The van der Waals surface area contributed by atoms with Gasteiger partial charge in [0.25, 0.3) is 5.88 Å². The van der Waals surface area contributed by atoms with Crippen LogP contribution in [0, 0.1) is 18.2 Å². The highest BCUT2D eigenvalue weighted by Gasteiger charge is 2.06. The van der Waals surface area contributed by atoms with Crippen LogP contribution in [0.15, 0.2) is 6.20 Å². The number of terminal acetylenes is 1. The molecule has 4 nitrogen and oxygen atoms in total. The molecule has 5 heteroatoms. The summed E-state index contributed by atoms with van der Waals surface area (Å²) in [6.45, 7) is -0.0168. The first-order valence-electron chi connectivity index (χ1n) is 3.54. The molecule has 0 spiro atoms. The fourth-order valence-corrected chi connectivity index (χ4v) is 0.683. The predicted molar refractivity (Wildman–Crippen MR) is 45.9 cm³/mol. The summed E-state index contributed by atoms with van der Waals surface area (Å²) in [7, 11) is 1.62. The molecule has 0 bridgehead atoms. The monoisotopic (exact) mass is 181 g/mol. The van der Waals surface area contributed by atoms with Crippen molar-refractivity contribution in [2.24, 2.45) is 0 Å². The molecule has 1 aromatic rings. The van der Waals surface area contributed by atoms with Crippen LogP contribution in [0.25, 0.3) is 0 Å². The van der Waals surface area contributed by atoms with E-state index in [1.807, 2.05) is 0 Å². The number of hydrogen-bond donors (Lipinski definition) is 1. The van der Waals surface area contributed by atoms with Gasteiger partial charge in [-0.25, -0.2) is 4.98 Å². The van der Waals surface area contributed by atoms with E-state index in [1.165, 1.54) is 0 Å². The summed E-state index contributed by atoms with van der Waals surface area (Å²) in [4.78, 5) is 7.35. The molecule has 1 heterocycles. The van der Waals surface area contributed by atoms with Gasteiger partial charge < -0.3 is 10.1 Å². The van der Waals surface area contributed by atoms with Gasteiger partial charge in [0.1, 0.15) is 0 Å². The Kier molecular flexibility index (Phi) is 3.03. The van der Waals surface area contributed by atoms with Gasteiger partial charge in [0.15, 0.2) is 6.61 Å². The van der Waals surface area contributed by atoms with Gasteiger partial charge in [0, 0.05) is 7.05 Å². The normalized spacial score (nSPS) is 9.00. The minimum Gasteiger partial charge on any atom is -0.462 e. The topological polar surface area (TPSA) is 47.0 Å². The van der Waals surface area contributed by atoms with Crippen molar-refractivity contribution in [3.63, 3.8) is 0 Å². The van der Waals surface area contributed by atoms with Crippen LogP contribution < -0.4 is 10.1 Å². The highest BCUT2D eigenvalue weighted by atomic mass is 19.1. The van der Waals surface area contributed by atoms with Crippen LogP contribution in [-0.2, 0) is 0 Å². The minimum absolute atomic E-state index is 0.0168. The Balaban J connectivity index is 2.85. The van der Waals surface area contributed by atoms with Crippen LogP contribution in [0.4, 0.5) is 10.3 Å². The van der Waals surface area contributed by atoms with Crippen molar-refractivity contribution in [2.75, 3.05) is 19.0 Å². The van der Waals surface area contributed by atoms with E-state index in [9.17, 15) is 4.39 Å². The SMILES string of the molecule is C#CCOc1nc(NC)ncc1F. The minimum atomic E-state index is -0.630. The van der Waals surface area contributed by atoms with Crippen LogP contribution in [0.3, 0.4) is 0 Å². The maximum absolute atomic E-state index is 12.9. The van der Waals surface area contributed by atoms with E-state index in [0.29, 0.717) is 0 Å². The summed E-state index contributed by atoms with van der Waals surface area (Å²) in [6, 6.07) is 0. The summed E-state index contributed by atoms with van der Waals surface area (Å²) in [6.07, 6.45) is 5.96. The second-order valence-corrected chi connectivity index (χ2v) is 2.09. The van der Waals surface area contributed by atoms with Gasteiger partial charge in [-0.2, -0.15) is 9.37 Å². The third-order valence-electron chi connectivity index (χ3n) is 1.23. The zero-order valence-electron chi connectivity index (χ0n) is 7.04. The fourth-order valence-electron chi connectivity index (χ4n) is 0.683. The molecule has 0 aliphatic rings. The first-order valence-corrected chi connectivity index (χ1v) is 3.54.